The van der Waals surface area contributed by atoms with Crippen molar-refractivity contribution in [2.75, 3.05) is 26.4 Å². The second kappa shape index (κ2) is 3.82. The van der Waals surface area contributed by atoms with Crippen LogP contribution in [0.25, 0.3) is 0 Å². The van der Waals surface area contributed by atoms with Crippen molar-refractivity contribution >= 4 is 0 Å². The molecule has 1 heterocycles. The lowest BCUT2D eigenvalue weighted by atomic mass is 10.6. The zero-order valence-electron chi connectivity index (χ0n) is 5.55. The minimum absolute atomic E-state index is 0.494. The highest BCUT2D eigenvalue weighted by Crippen LogP contribution is 2.08. The topological polar surface area (TPSA) is 27.7 Å². The third-order valence-corrected chi connectivity index (χ3v) is 1.02. The van der Waals surface area contributed by atoms with E-state index in [0.717, 1.165) is 0 Å². The smallest absolute Gasteiger partial charge is 0.250 e. The van der Waals surface area contributed by atoms with Gasteiger partial charge in [-0.1, -0.05) is 0 Å². The molecule has 53 valence electrons. The summed E-state index contributed by atoms with van der Waals surface area (Å²) in [6.07, 6.45) is 0.615. The van der Waals surface area contributed by atoms with Crippen molar-refractivity contribution in [2.45, 2.75) is 6.92 Å². The van der Waals surface area contributed by atoms with Gasteiger partial charge in [-0.25, -0.2) is 0 Å². The van der Waals surface area contributed by atoms with Gasteiger partial charge in [-0.05, 0) is 6.92 Å². The van der Waals surface area contributed by atoms with Gasteiger partial charge in [-0.2, -0.15) is 0 Å². The molecular formula is C6H11O3. The Morgan fingerprint density at radius 1 is 1.56 bits per heavy atom. The maximum absolute atomic E-state index is 5.09. The van der Waals surface area contributed by atoms with E-state index in [0.29, 0.717) is 32.7 Å². The van der Waals surface area contributed by atoms with Crippen LogP contribution in [0.5, 0.6) is 0 Å². The molecule has 0 aromatic rings. The van der Waals surface area contributed by atoms with E-state index in [4.69, 9.17) is 14.2 Å². The zero-order chi connectivity index (χ0) is 6.53. The lowest BCUT2D eigenvalue weighted by molar-refractivity contribution is -0.129. The van der Waals surface area contributed by atoms with Gasteiger partial charge in [-0.15, -0.1) is 0 Å². The van der Waals surface area contributed by atoms with Gasteiger partial charge in [-0.3, -0.25) is 0 Å². The summed E-state index contributed by atoms with van der Waals surface area (Å²) in [7, 11) is 0. The van der Waals surface area contributed by atoms with Crippen molar-refractivity contribution in [2.24, 2.45) is 0 Å². The Morgan fingerprint density at radius 2 is 2.44 bits per heavy atom. The van der Waals surface area contributed by atoms with Gasteiger partial charge in [0.25, 0.3) is 6.29 Å². The highest BCUT2D eigenvalue weighted by molar-refractivity contribution is 4.66. The molecule has 1 radical (unpaired) electrons. The maximum Gasteiger partial charge on any atom is 0.250 e. The van der Waals surface area contributed by atoms with E-state index in [2.05, 4.69) is 0 Å². The van der Waals surface area contributed by atoms with Crippen molar-refractivity contribution in [3.05, 3.63) is 6.29 Å². The number of hydrogen-bond donors (Lipinski definition) is 0. The van der Waals surface area contributed by atoms with Crippen LogP contribution < -0.4 is 0 Å². The molecule has 3 nitrogen and oxygen atoms in total. The van der Waals surface area contributed by atoms with Crippen molar-refractivity contribution in [3.63, 3.8) is 0 Å². The first-order valence-electron chi connectivity index (χ1n) is 3.12. The molecule has 1 rings (SSSR count). The molecule has 0 bridgehead atoms. The number of rotatable bonds is 2. The van der Waals surface area contributed by atoms with Crippen LogP contribution >= 0.6 is 0 Å². The Labute approximate surface area is 54.9 Å². The molecule has 0 amide bonds. The molecule has 1 aliphatic rings. The summed E-state index contributed by atoms with van der Waals surface area (Å²) in [6, 6.07) is 0. The molecule has 0 aromatic carbocycles. The number of ether oxygens (including phenoxy) is 3. The second-order valence-electron chi connectivity index (χ2n) is 1.71. The van der Waals surface area contributed by atoms with Gasteiger partial charge >= 0.3 is 0 Å². The number of hydrogen-bond acceptors (Lipinski definition) is 3. The summed E-state index contributed by atoms with van der Waals surface area (Å²) in [4.78, 5) is 0. The molecule has 0 spiro atoms. The Hall–Kier alpha value is -0.120. The summed E-state index contributed by atoms with van der Waals surface area (Å²) in [5.41, 5.74) is 0. The molecule has 0 unspecified atom stereocenters. The van der Waals surface area contributed by atoms with Gasteiger partial charge in [0.1, 0.15) is 6.61 Å². The molecule has 0 aliphatic carbocycles. The van der Waals surface area contributed by atoms with Crippen molar-refractivity contribution in [3.8, 4) is 0 Å². The maximum atomic E-state index is 5.09. The Bertz CT molecular complexity index is 65.9. The fraction of sp³-hybridized carbons (Fsp3) is 0.833. The molecule has 0 atom stereocenters. The lowest BCUT2D eigenvalue weighted by Crippen LogP contribution is -2.23. The highest BCUT2D eigenvalue weighted by atomic mass is 16.7. The van der Waals surface area contributed by atoms with Gasteiger partial charge in [0.2, 0.25) is 0 Å². The highest BCUT2D eigenvalue weighted by Gasteiger charge is 2.14. The van der Waals surface area contributed by atoms with Gasteiger partial charge < -0.3 is 14.2 Å². The van der Waals surface area contributed by atoms with Gasteiger partial charge in [0.05, 0.1) is 13.2 Å². The minimum Gasteiger partial charge on any atom is -0.373 e. The Kier molecular flexibility index (Phi) is 2.97. The molecule has 0 saturated carbocycles. The normalized spacial score (nSPS) is 22.3. The largest absolute Gasteiger partial charge is 0.373 e. The van der Waals surface area contributed by atoms with Crippen LogP contribution in [0.15, 0.2) is 0 Å². The predicted octanol–water partition coefficient (Wildman–Crippen LogP) is 0.559. The zero-order valence-corrected chi connectivity index (χ0v) is 5.55. The molecule has 9 heavy (non-hydrogen) atoms. The first-order valence-corrected chi connectivity index (χ1v) is 3.12. The van der Waals surface area contributed by atoms with E-state index in [-0.39, 0.29) is 0 Å². The average molecular weight is 131 g/mol. The first kappa shape index (κ1) is 6.99. The quantitative estimate of drug-likeness (QED) is 0.548. The van der Waals surface area contributed by atoms with Crippen LogP contribution in [0.3, 0.4) is 0 Å². The van der Waals surface area contributed by atoms with E-state index in [9.17, 15) is 0 Å². The van der Waals surface area contributed by atoms with Crippen molar-refractivity contribution in [1.82, 2.24) is 0 Å². The van der Waals surface area contributed by atoms with Crippen LogP contribution in [0.4, 0.5) is 0 Å². The summed E-state index contributed by atoms with van der Waals surface area (Å²) < 4.78 is 15.2. The molecule has 3 heteroatoms. The SMILES string of the molecule is CCO[C]1COCCO1. The summed E-state index contributed by atoms with van der Waals surface area (Å²) in [5.74, 6) is 0. The predicted molar refractivity (Wildman–Crippen MR) is 31.6 cm³/mol. The molecule has 0 N–H and O–H groups in total. The lowest BCUT2D eigenvalue weighted by Gasteiger charge is -2.20. The van der Waals surface area contributed by atoms with Crippen LogP contribution in [0.2, 0.25) is 0 Å². The summed E-state index contributed by atoms with van der Waals surface area (Å²) >= 11 is 0. The molecular weight excluding hydrogens is 120 g/mol. The van der Waals surface area contributed by atoms with Crippen molar-refractivity contribution < 1.29 is 14.2 Å². The van der Waals surface area contributed by atoms with E-state index in [1.54, 1.807) is 0 Å². The van der Waals surface area contributed by atoms with Crippen LogP contribution in [-0.4, -0.2) is 26.4 Å². The summed E-state index contributed by atoms with van der Waals surface area (Å²) in [6.45, 7) is 4.36. The Balaban J connectivity index is 2.08. The molecule has 1 saturated heterocycles. The molecule has 1 aliphatic heterocycles. The summed E-state index contributed by atoms with van der Waals surface area (Å²) in [5, 5.41) is 0. The van der Waals surface area contributed by atoms with E-state index >= 15 is 0 Å². The fourth-order valence-corrected chi connectivity index (χ4v) is 0.656. The van der Waals surface area contributed by atoms with E-state index in [1.165, 1.54) is 0 Å². The Morgan fingerprint density at radius 3 is 3.00 bits per heavy atom. The fourth-order valence-electron chi connectivity index (χ4n) is 0.656. The van der Waals surface area contributed by atoms with E-state index in [1.807, 2.05) is 6.92 Å². The monoisotopic (exact) mass is 131 g/mol. The molecule has 0 aromatic heterocycles. The van der Waals surface area contributed by atoms with E-state index < -0.39 is 0 Å². The first-order chi connectivity index (χ1) is 4.43. The third kappa shape index (κ3) is 2.30. The van der Waals surface area contributed by atoms with Gasteiger partial charge in [0.15, 0.2) is 0 Å². The molecule has 1 fully saturated rings. The van der Waals surface area contributed by atoms with Crippen LogP contribution in [-0.2, 0) is 14.2 Å². The average Bonchev–Trinajstić information content (AvgIpc) is 1.91. The van der Waals surface area contributed by atoms with Crippen LogP contribution in [0, 0.1) is 6.29 Å². The minimum atomic E-state index is 0.494. The van der Waals surface area contributed by atoms with Gasteiger partial charge in [0, 0.05) is 6.61 Å². The van der Waals surface area contributed by atoms with Crippen LogP contribution in [0.1, 0.15) is 6.92 Å². The second-order valence-corrected chi connectivity index (χ2v) is 1.71. The van der Waals surface area contributed by atoms with Crippen molar-refractivity contribution in [1.29, 1.82) is 0 Å². The standard InChI is InChI=1S/C6H11O3/c1-2-8-6-5-7-3-4-9-6/h2-5H2,1H3. The third-order valence-electron chi connectivity index (χ3n) is 1.02.